The summed E-state index contributed by atoms with van der Waals surface area (Å²) in [6, 6.07) is 0.171. The Hall–Kier alpha value is -0.860. The molecule has 0 spiro atoms. The minimum absolute atomic E-state index is 0.0869. The molecular formula is C13H23N3O3S2. The predicted molar refractivity (Wildman–Crippen MR) is 85.5 cm³/mol. The van der Waals surface area contributed by atoms with Crippen molar-refractivity contribution < 1.29 is 13.2 Å². The zero-order valence-corrected chi connectivity index (χ0v) is 14.3. The second-order valence-corrected chi connectivity index (χ2v) is 8.81. The summed E-state index contributed by atoms with van der Waals surface area (Å²) in [4.78, 5) is 0.165. The summed E-state index contributed by atoms with van der Waals surface area (Å²) in [6.45, 7) is 6.57. The summed E-state index contributed by atoms with van der Waals surface area (Å²) in [5, 5.41) is 3.87. The van der Waals surface area contributed by atoms with Crippen LogP contribution in [0, 0.1) is 0 Å². The fraction of sp³-hybridized carbons (Fsp3) is 0.769. The van der Waals surface area contributed by atoms with Gasteiger partial charge in [0.25, 0.3) is 0 Å². The van der Waals surface area contributed by atoms with Crippen molar-refractivity contribution in [3.63, 3.8) is 0 Å². The van der Waals surface area contributed by atoms with Crippen LogP contribution < -0.4 is 11.1 Å². The molecule has 1 aliphatic heterocycles. The van der Waals surface area contributed by atoms with Gasteiger partial charge in [-0.2, -0.15) is 4.37 Å². The number of anilines is 2. The van der Waals surface area contributed by atoms with Crippen LogP contribution in [0.4, 0.5) is 10.8 Å². The van der Waals surface area contributed by atoms with Crippen molar-refractivity contribution in [2.75, 3.05) is 23.4 Å². The van der Waals surface area contributed by atoms with E-state index >= 15 is 0 Å². The molecule has 1 atom stereocenters. The topological polar surface area (TPSA) is 94.3 Å². The van der Waals surface area contributed by atoms with Gasteiger partial charge in [0.2, 0.25) is 0 Å². The van der Waals surface area contributed by atoms with Crippen LogP contribution in [0.2, 0.25) is 0 Å². The summed E-state index contributed by atoms with van der Waals surface area (Å²) in [5.41, 5.74) is 5.57. The fourth-order valence-corrected chi connectivity index (χ4v) is 5.28. The molecule has 120 valence electrons. The first-order valence-electron chi connectivity index (χ1n) is 7.13. The molecule has 2 rings (SSSR count). The molecule has 0 bridgehead atoms. The highest BCUT2D eigenvalue weighted by Crippen LogP contribution is 2.35. The Labute approximate surface area is 130 Å². The number of aromatic nitrogens is 1. The zero-order chi connectivity index (χ0) is 15.7. The van der Waals surface area contributed by atoms with Crippen molar-refractivity contribution in [3.8, 4) is 0 Å². The maximum absolute atomic E-state index is 12.3. The van der Waals surface area contributed by atoms with E-state index in [9.17, 15) is 8.42 Å². The van der Waals surface area contributed by atoms with E-state index in [0.29, 0.717) is 18.0 Å². The number of nitrogens with one attached hydrogen (secondary N) is 1. The van der Waals surface area contributed by atoms with Gasteiger partial charge in [-0.25, -0.2) is 8.42 Å². The van der Waals surface area contributed by atoms with E-state index in [1.165, 1.54) is 0 Å². The van der Waals surface area contributed by atoms with E-state index in [-0.39, 0.29) is 28.1 Å². The molecule has 6 nitrogen and oxygen atoms in total. The van der Waals surface area contributed by atoms with Crippen LogP contribution in [0.1, 0.15) is 40.0 Å². The summed E-state index contributed by atoms with van der Waals surface area (Å²) in [5.74, 6) is 0.186. The van der Waals surface area contributed by atoms with E-state index in [2.05, 4.69) is 9.69 Å². The van der Waals surface area contributed by atoms with Crippen LogP contribution in [0.3, 0.4) is 0 Å². The molecule has 1 aromatic heterocycles. The number of nitrogens with two attached hydrogens (primary N) is 1. The zero-order valence-electron chi connectivity index (χ0n) is 12.7. The Morgan fingerprint density at radius 3 is 2.86 bits per heavy atom. The Morgan fingerprint density at radius 2 is 2.24 bits per heavy atom. The normalized spacial score (nSPS) is 22.1. The van der Waals surface area contributed by atoms with Gasteiger partial charge in [-0.05, 0) is 44.6 Å². The second kappa shape index (κ2) is 6.10. The number of hydrogen-bond acceptors (Lipinski definition) is 7. The Bertz CT molecular complexity index is 596. The lowest BCUT2D eigenvalue weighted by molar-refractivity contribution is -0.0553. The fourth-order valence-electron chi connectivity index (χ4n) is 2.60. The van der Waals surface area contributed by atoms with Gasteiger partial charge in [-0.15, -0.1) is 0 Å². The average Bonchev–Trinajstić information content (AvgIpc) is 2.69. The summed E-state index contributed by atoms with van der Waals surface area (Å²) in [7, 11) is -3.38. The smallest absolute Gasteiger partial charge is 0.185 e. The maximum atomic E-state index is 12.3. The highest BCUT2D eigenvalue weighted by atomic mass is 32.2. The van der Waals surface area contributed by atoms with E-state index in [1.54, 1.807) is 0 Å². The lowest BCUT2D eigenvalue weighted by Gasteiger charge is -2.36. The van der Waals surface area contributed by atoms with Crippen LogP contribution in [0.25, 0.3) is 0 Å². The highest BCUT2D eigenvalue weighted by molar-refractivity contribution is 7.91. The van der Waals surface area contributed by atoms with Gasteiger partial charge in [0.15, 0.2) is 15.7 Å². The number of sulfone groups is 1. The highest BCUT2D eigenvalue weighted by Gasteiger charge is 2.31. The molecule has 1 aliphatic rings. The van der Waals surface area contributed by atoms with Gasteiger partial charge in [0.1, 0.15) is 9.90 Å². The van der Waals surface area contributed by atoms with Gasteiger partial charge < -0.3 is 15.8 Å². The second-order valence-electron chi connectivity index (χ2n) is 5.99. The lowest BCUT2D eigenvalue weighted by Crippen LogP contribution is -2.40. The van der Waals surface area contributed by atoms with E-state index < -0.39 is 9.84 Å². The Morgan fingerprint density at radius 1 is 1.52 bits per heavy atom. The monoisotopic (exact) mass is 333 g/mol. The summed E-state index contributed by atoms with van der Waals surface area (Å²) < 4.78 is 34.3. The number of ether oxygens (including phenoxy) is 1. The van der Waals surface area contributed by atoms with Crippen LogP contribution in [0.5, 0.6) is 0 Å². The molecule has 8 heteroatoms. The molecular weight excluding hydrogens is 310 g/mol. The Kier molecular flexibility index (Phi) is 4.79. The first-order valence-corrected chi connectivity index (χ1v) is 9.56. The maximum Gasteiger partial charge on any atom is 0.185 e. The van der Waals surface area contributed by atoms with E-state index in [4.69, 9.17) is 10.5 Å². The quantitative estimate of drug-likeness (QED) is 0.858. The van der Waals surface area contributed by atoms with Crippen molar-refractivity contribution >= 4 is 32.2 Å². The first-order chi connectivity index (χ1) is 9.75. The van der Waals surface area contributed by atoms with Crippen molar-refractivity contribution in [1.82, 2.24) is 4.37 Å². The molecule has 0 saturated carbocycles. The van der Waals surface area contributed by atoms with Gasteiger partial charge in [0.05, 0.1) is 11.4 Å². The van der Waals surface area contributed by atoms with Gasteiger partial charge in [-0.1, -0.05) is 6.92 Å². The van der Waals surface area contributed by atoms with E-state index in [1.807, 2.05) is 20.8 Å². The molecule has 1 aromatic rings. The number of nitrogen functional groups attached to an aromatic ring is 1. The van der Waals surface area contributed by atoms with Gasteiger partial charge >= 0.3 is 0 Å². The molecule has 2 heterocycles. The molecule has 0 radical (unpaired) electrons. The van der Waals surface area contributed by atoms with Crippen molar-refractivity contribution in [3.05, 3.63) is 0 Å². The number of hydrogen-bond donors (Lipinski definition) is 2. The van der Waals surface area contributed by atoms with Crippen LogP contribution in [-0.2, 0) is 14.6 Å². The standard InChI is InChI=1S/C13H23N3O3S2/c1-4-7-21(17,18)10-11(14)16-20-12(10)15-9-5-6-19-13(2,3)8-9/h9,15H,4-8H2,1-3H3,(H2,14,16). The van der Waals surface area contributed by atoms with Gasteiger partial charge in [0, 0.05) is 12.6 Å². The first kappa shape index (κ1) is 16.5. The largest absolute Gasteiger partial charge is 0.382 e. The third kappa shape index (κ3) is 3.87. The number of nitrogens with zero attached hydrogens (tertiary/aromatic N) is 1. The van der Waals surface area contributed by atoms with Crippen molar-refractivity contribution in [1.29, 1.82) is 0 Å². The van der Waals surface area contributed by atoms with E-state index in [0.717, 1.165) is 24.4 Å². The van der Waals surface area contributed by atoms with Crippen LogP contribution in [-0.4, -0.2) is 36.8 Å². The predicted octanol–water partition coefficient (Wildman–Crippen LogP) is 2.28. The number of rotatable bonds is 5. The molecule has 1 fully saturated rings. The lowest BCUT2D eigenvalue weighted by atomic mass is 9.94. The molecule has 0 amide bonds. The SMILES string of the molecule is CCCS(=O)(=O)c1c(N)nsc1NC1CCOC(C)(C)C1. The molecule has 0 aliphatic carbocycles. The minimum atomic E-state index is -3.38. The van der Waals surface area contributed by atoms with Gasteiger partial charge in [-0.3, -0.25) is 0 Å². The molecule has 21 heavy (non-hydrogen) atoms. The van der Waals surface area contributed by atoms with Crippen molar-refractivity contribution in [2.45, 2.75) is 56.6 Å². The molecule has 3 N–H and O–H groups in total. The van der Waals surface area contributed by atoms with Crippen LogP contribution >= 0.6 is 11.5 Å². The van der Waals surface area contributed by atoms with Crippen molar-refractivity contribution in [2.24, 2.45) is 0 Å². The summed E-state index contributed by atoms with van der Waals surface area (Å²) in [6.07, 6.45) is 2.22. The Balaban J connectivity index is 2.22. The molecule has 1 saturated heterocycles. The average molecular weight is 333 g/mol. The summed E-state index contributed by atoms with van der Waals surface area (Å²) >= 11 is 1.12. The molecule has 0 aromatic carbocycles. The third-order valence-electron chi connectivity index (χ3n) is 3.49. The third-order valence-corrected chi connectivity index (χ3v) is 6.39. The molecule has 1 unspecified atom stereocenters. The minimum Gasteiger partial charge on any atom is -0.382 e. The van der Waals surface area contributed by atoms with Crippen LogP contribution in [0.15, 0.2) is 4.90 Å².